The van der Waals surface area contributed by atoms with Gasteiger partial charge in [-0.05, 0) is 38.5 Å². The summed E-state index contributed by atoms with van der Waals surface area (Å²) in [6, 6.07) is 14.4. The van der Waals surface area contributed by atoms with Gasteiger partial charge in [-0.3, -0.25) is 0 Å². The minimum atomic E-state index is -0.627. The lowest BCUT2D eigenvalue weighted by Crippen LogP contribution is -2.57. The molecule has 8 nitrogen and oxygen atoms in total. The smallest absolute Gasteiger partial charge is 0.410 e. The molecule has 3 rings (SSSR count). The molecule has 0 N–H and O–H groups in total. The third-order valence-corrected chi connectivity index (χ3v) is 5.73. The van der Waals surface area contributed by atoms with Gasteiger partial charge in [0.15, 0.2) is 0 Å². The number of amides is 2. The number of halogens is 1. The molecular weight excluding hydrogens is 472 g/mol. The van der Waals surface area contributed by atoms with Crippen LogP contribution < -0.4 is 9.47 Å². The van der Waals surface area contributed by atoms with E-state index in [0.717, 1.165) is 5.56 Å². The number of carbonyl (C=O) groups is 2. The van der Waals surface area contributed by atoms with Crippen LogP contribution in [0.15, 0.2) is 48.5 Å². The van der Waals surface area contributed by atoms with E-state index in [1.807, 2.05) is 51.1 Å². The molecule has 9 heteroatoms. The van der Waals surface area contributed by atoms with Crippen molar-refractivity contribution in [2.45, 2.75) is 45.4 Å². The summed E-state index contributed by atoms with van der Waals surface area (Å²) >= 11 is 6.24. The van der Waals surface area contributed by atoms with E-state index in [1.165, 1.54) is 0 Å². The molecule has 35 heavy (non-hydrogen) atoms. The maximum absolute atomic E-state index is 12.9. The van der Waals surface area contributed by atoms with Crippen molar-refractivity contribution in [3.05, 3.63) is 59.1 Å². The van der Waals surface area contributed by atoms with E-state index < -0.39 is 17.8 Å². The van der Waals surface area contributed by atoms with Crippen LogP contribution in [0.2, 0.25) is 5.02 Å². The average molecular weight is 505 g/mol. The Labute approximate surface area is 211 Å². The van der Waals surface area contributed by atoms with Gasteiger partial charge in [0.05, 0.1) is 24.8 Å². The van der Waals surface area contributed by atoms with Crippen molar-refractivity contribution in [1.29, 1.82) is 0 Å². The molecule has 2 aromatic carbocycles. The fourth-order valence-electron chi connectivity index (χ4n) is 3.67. The zero-order valence-corrected chi connectivity index (χ0v) is 21.4. The molecule has 0 spiro atoms. The third-order valence-electron chi connectivity index (χ3n) is 5.42. The summed E-state index contributed by atoms with van der Waals surface area (Å²) in [6.45, 7) is 6.94. The molecule has 0 saturated carbocycles. The van der Waals surface area contributed by atoms with Gasteiger partial charge >= 0.3 is 12.2 Å². The van der Waals surface area contributed by atoms with E-state index in [2.05, 4.69) is 0 Å². The number of benzene rings is 2. The van der Waals surface area contributed by atoms with E-state index in [4.69, 9.17) is 30.5 Å². The molecule has 0 bridgehead atoms. The molecule has 2 aromatic rings. The number of carbonyl (C=O) groups excluding carboxylic acids is 2. The van der Waals surface area contributed by atoms with E-state index >= 15 is 0 Å². The van der Waals surface area contributed by atoms with E-state index in [0.29, 0.717) is 42.6 Å². The largest absolute Gasteiger partial charge is 0.497 e. The lowest BCUT2D eigenvalue weighted by atomic mass is 10.1. The summed E-state index contributed by atoms with van der Waals surface area (Å²) in [7, 11) is 1.57. The highest BCUT2D eigenvalue weighted by Crippen LogP contribution is 2.29. The normalized spacial score (nSPS) is 16.0. The first-order valence-corrected chi connectivity index (χ1v) is 12.0. The molecule has 0 radical (unpaired) electrons. The van der Waals surface area contributed by atoms with E-state index in [1.54, 1.807) is 35.1 Å². The quantitative estimate of drug-likeness (QED) is 0.504. The second-order valence-electron chi connectivity index (χ2n) is 9.25. The molecule has 0 unspecified atom stereocenters. The van der Waals surface area contributed by atoms with Gasteiger partial charge in [-0.1, -0.05) is 41.9 Å². The number of hydrogen-bond acceptors (Lipinski definition) is 6. The van der Waals surface area contributed by atoms with Gasteiger partial charge in [0, 0.05) is 32.1 Å². The molecule has 1 saturated heterocycles. The first-order valence-electron chi connectivity index (χ1n) is 11.6. The first kappa shape index (κ1) is 26.5. The first-order chi connectivity index (χ1) is 16.7. The Morgan fingerprint density at radius 1 is 1.06 bits per heavy atom. The molecule has 1 fully saturated rings. The van der Waals surface area contributed by atoms with Crippen LogP contribution in [0.1, 0.15) is 32.8 Å². The van der Waals surface area contributed by atoms with Gasteiger partial charge in [0.2, 0.25) is 0 Å². The molecular formula is C26H33ClN2O6. The lowest BCUT2D eigenvalue weighted by Gasteiger charge is -2.41. The minimum Gasteiger partial charge on any atom is -0.497 e. The van der Waals surface area contributed by atoms with Crippen LogP contribution in [0.5, 0.6) is 11.5 Å². The second-order valence-corrected chi connectivity index (χ2v) is 9.65. The van der Waals surface area contributed by atoms with Crippen LogP contribution in [0.3, 0.4) is 0 Å². The topological polar surface area (TPSA) is 77.5 Å². The summed E-state index contributed by atoms with van der Waals surface area (Å²) in [5.74, 6) is 1.12. The summed E-state index contributed by atoms with van der Waals surface area (Å²) < 4.78 is 22.2. The van der Waals surface area contributed by atoms with Gasteiger partial charge in [-0.2, -0.15) is 0 Å². The Balaban J connectivity index is 1.64. The highest BCUT2D eigenvalue weighted by molar-refractivity contribution is 6.32. The number of rotatable bonds is 7. The molecule has 190 valence electrons. The maximum Gasteiger partial charge on any atom is 0.410 e. The van der Waals surface area contributed by atoms with Crippen molar-refractivity contribution in [3.63, 3.8) is 0 Å². The zero-order valence-electron chi connectivity index (χ0n) is 20.7. The summed E-state index contributed by atoms with van der Waals surface area (Å²) in [6.07, 6.45) is -0.367. The molecule has 1 aliphatic rings. The summed E-state index contributed by atoms with van der Waals surface area (Å²) in [5, 5.41) is 0.463. The number of nitrogens with zero attached hydrogens (tertiary/aromatic N) is 2. The molecule has 0 aliphatic carbocycles. The van der Waals surface area contributed by atoms with Crippen LogP contribution in [0, 0.1) is 0 Å². The van der Waals surface area contributed by atoms with Gasteiger partial charge in [0.25, 0.3) is 0 Å². The van der Waals surface area contributed by atoms with Crippen LogP contribution >= 0.6 is 11.6 Å². The molecule has 1 heterocycles. The minimum absolute atomic E-state index is 0.189. The van der Waals surface area contributed by atoms with Crippen molar-refractivity contribution >= 4 is 23.8 Å². The van der Waals surface area contributed by atoms with Crippen molar-refractivity contribution in [2.24, 2.45) is 0 Å². The second kappa shape index (κ2) is 12.0. The van der Waals surface area contributed by atoms with Gasteiger partial charge in [-0.15, -0.1) is 0 Å². The Morgan fingerprint density at radius 2 is 1.80 bits per heavy atom. The van der Waals surface area contributed by atoms with Crippen LogP contribution in [0.4, 0.5) is 9.59 Å². The predicted molar refractivity (Wildman–Crippen MR) is 133 cm³/mol. The standard InChI is InChI=1S/C26H33ClN2O6/c1-26(2,3)35-25(31)29-14-13-28(24(30)34-18-19-8-6-5-7-9-19)17-20(29)12-15-33-23-16-21(32-4)10-11-22(23)27/h5-11,16,20H,12-15,17-18H2,1-4H3/t20-/m1/s1. The zero-order chi connectivity index (χ0) is 25.4. The van der Waals surface area contributed by atoms with Gasteiger partial charge in [0.1, 0.15) is 23.7 Å². The van der Waals surface area contributed by atoms with E-state index in [9.17, 15) is 9.59 Å². The van der Waals surface area contributed by atoms with Crippen molar-refractivity contribution in [1.82, 2.24) is 9.80 Å². The van der Waals surface area contributed by atoms with Gasteiger partial charge < -0.3 is 28.7 Å². The molecule has 1 aliphatic heterocycles. The SMILES string of the molecule is COc1ccc(Cl)c(OCC[C@@H]2CN(C(=O)OCc3ccccc3)CCN2C(=O)OC(C)(C)C)c1. The maximum atomic E-state index is 12.9. The highest BCUT2D eigenvalue weighted by atomic mass is 35.5. The van der Waals surface area contributed by atoms with Crippen molar-refractivity contribution in [2.75, 3.05) is 33.4 Å². The highest BCUT2D eigenvalue weighted by Gasteiger charge is 2.35. The van der Waals surface area contributed by atoms with Gasteiger partial charge in [-0.25, -0.2) is 9.59 Å². The predicted octanol–water partition coefficient (Wildman–Crippen LogP) is 5.38. The van der Waals surface area contributed by atoms with Crippen LogP contribution in [-0.4, -0.2) is 67.0 Å². The van der Waals surface area contributed by atoms with Crippen molar-refractivity contribution in [3.8, 4) is 11.5 Å². The number of ether oxygens (including phenoxy) is 4. The number of piperazine rings is 1. The number of hydrogen-bond donors (Lipinski definition) is 0. The average Bonchev–Trinajstić information content (AvgIpc) is 2.83. The van der Waals surface area contributed by atoms with E-state index in [-0.39, 0.29) is 19.3 Å². The monoisotopic (exact) mass is 504 g/mol. The molecule has 0 aromatic heterocycles. The Morgan fingerprint density at radius 3 is 2.49 bits per heavy atom. The fourth-order valence-corrected chi connectivity index (χ4v) is 3.84. The third kappa shape index (κ3) is 7.96. The summed E-state index contributed by atoms with van der Waals surface area (Å²) in [5.41, 5.74) is 0.284. The molecule has 2 amide bonds. The van der Waals surface area contributed by atoms with Crippen LogP contribution in [0.25, 0.3) is 0 Å². The summed E-state index contributed by atoms with van der Waals surface area (Å²) in [4.78, 5) is 28.9. The Kier molecular flexibility index (Phi) is 9.09. The molecule has 1 atom stereocenters. The number of methoxy groups -OCH3 is 1. The van der Waals surface area contributed by atoms with Crippen molar-refractivity contribution < 1.29 is 28.5 Å². The Hall–Kier alpha value is -3.13. The lowest BCUT2D eigenvalue weighted by molar-refractivity contribution is -0.00614. The fraction of sp³-hybridized carbons (Fsp3) is 0.462. The van der Waals surface area contributed by atoms with Crippen LogP contribution in [-0.2, 0) is 16.1 Å². The Bertz CT molecular complexity index is 995.